The van der Waals surface area contributed by atoms with Crippen molar-refractivity contribution in [3.63, 3.8) is 0 Å². The number of halogens is 4. The Morgan fingerprint density at radius 1 is 1.30 bits per heavy atom. The molecule has 1 N–H and O–H groups in total. The zero-order valence-electron chi connectivity index (χ0n) is 11.9. The van der Waals surface area contributed by atoms with Crippen molar-refractivity contribution < 1.29 is 13.2 Å². The third kappa shape index (κ3) is 4.98. The molecule has 1 atom stereocenters. The normalized spacial score (nSPS) is 13.3. The van der Waals surface area contributed by atoms with Gasteiger partial charge in [0.15, 0.2) is 0 Å². The van der Waals surface area contributed by atoms with Gasteiger partial charge in [0.25, 0.3) is 0 Å². The van der Waals surface area contributed by atoms with Crippen LogP contribution in [0, 0.1) is 0 Å². The van der Waals surface area contributed by atoms with Crippen LogP contribution in [-0.4, -0.2) is 25.8 Å². The topological polar surface area (TPSA) is 15.3 Å². The molecule has 20 heavy (non-hydrogen) atoms. The molecular weight excluding hydrogens is 333 g/mol. The lowest BCUT2D eigenvalue weighted by Gasteiger charge is -2.29. The first-order valence-corrected chi connectivity index (χ1v) is 7.42. The van der Waals surface area contributed by atoms with Gasteiger partial charge in [0, 0.05) is 22.7 Å². The van der Waals surface area contributed by atoms with E-state index in [1.54, 1.807) is 13.0 Å². The molecule has 0 aliphatic heterocycles. The maximum absolute atomic E-state index is 12.7. The van der Waals surface area contributed by atoms with Crippen LogP contribution < -0.4 is 10.2 Å². The number of rotatable bonds is 6. The van der Waals surface area contributed by atoms with Crippen LogP contribution >= 0.6 is 15.9 Å². The molecule has 0 saturated heterocycles. The monoisotopic (exact) mass is 352 g/mol. The van der Waals surface area contributed by atoms with Gasteiger partial charge in [-0.05, 0) is 38.1 Å². The highest BCUT2D eigenvalue weighted by Gasteiger charge is 2.31. The van der Waals surface area contributed by atoms with E-state index in [1.807, 2.05) is 26.0 Å². The summed E-state index contributed by atoms with van der Waals surface area (Å²) in [7, 11) is 0. The molecule has 2 nitrogen and oxygen atoms in total. The third-order valence-corrected chi connectivity index (χ3v) is 3.56. The summed E-state index contributed by atoms with van der Waals surface area (Å²) in [6.07, 6.45) is -4.21. The lowest BCUT2D eigenvalue weighted by molar-refractivity contribution is -0.119. The van der Waals surface area contributed by atoms with Gasteiger partial charge >= 0.3 is 6.18 Å². The van der Waals surface area contributed by atoms with Crippen LogP contribution in [0.3, 0.4) is 0 Å². The van der Waals surface area contributed by atoms with Crippen LogP contribution in [0.2, 0.25) is 0 Å². The van der Waals surface area contributed by atoms with Crippen molar-refractivity contribution in [3.05, 3.63) is 28.2 Å². The summed E-state index contributed by atoms with van der Waals surface area (Å²) in [5.41, 5.74) is 1.49. The van der Waals surface area contributed by atoms with E-state index in [1.165, 1.54) is 4.90 Å². The predicted molar refractivity (Wildman–Crippen MR) is 80.2 cm³/mol. The molecule has 0 aliphatic carbocycles. The van der Waals surface area contributed by atoms with E-state index in [9.17, 15) is 13.2 Å². The molecule has 1 aromatic carbocycles. The van der Waals surface area contributed by atoms with E-state index in [-0.39, 0.29) is 6.04 Å². The molecule has 0 fully saturated rings. The van der Waals surface area contributed by atoms with Gasteiger partial charge in [-0.3, -0.25) is 0 Å². The lowest BCUT2D eigenvalue weighted by atomic mass is 10.0. The molecule has 0 bridgehead atoms. The van der Waals surface area contributed by atoms with E-state index in [0.717, 1.165) is 16.6 Å². The number of hydrogen-bond donors (Lipinski definition) is 1. The molecule has 114 valence electrons. The van der Waals surface area contributed by atoms with Gasteiger partial charge < -0.3 is 10.2 Å². The molecule has 1 unspecified atom stereocenters. The molecule has 6 heteroatoms. The first-order chi connectivity index (χ1) is 9.28. The summed E-state index contributed by atoms with van der Waals surface area (Å²) >= 11 is 3.33. The second kappa shape index (κ2) is 7.31. The number of benzene rings is 1. The first kappa shape index (κ1) is 17.3. The van der Waals surface area contributed by atoms with Crippen molar-refractivity contribution in [2.75, 3.05) is 24.5 Å². The van der Waals surface area contributed by atoms with Gasteiger partial charge in [0.05, 0.1) is 0 Å². The van der Waals surface area contributed by atoms with Crippen LogP contribution in [-0.2, 0) is 0 Å². The Labute approximate surface area is 126 Å². The maximum Gasteiger partial charge on any atom is 0.405 e. The number of nitrogens with one attached hydrogen (secondary N) is 1. The Morgan fingerprint density at radius 3 is 2.45 bits per heavy atom. The standard InChI is InChI=1S/C14H20BrF3N2/c1-4-19-10(3)12-7-6-11(15)8-13(12)20(5-2)9-14(16,17)18/h6-8,10,19H,4-5,9H2,1-3H3. The van der Waals surface area contributed by atoms with Gasteiger partial charge in [-0.15, -0.1) is 0 Å². The Balaban J connectivity index is 3.15. The molecule has 0 aliphatic rings. The molecular formula is C14H20BrF3N2. The Morgan fingerprint density at radius 2 is 1.95 bits per heavy atom. The summed E-state index contributed by atoms with van der Waals surface area (Å²) in [5.74, 6) is 0. The lowest BCUT2D eigenvalue weighted by Crippen LogP contribution is -2.35. The largest absolute Gasteiger partial charge is 0.405 e. The minimum Gasteiger partial charge on any atom is -0.363 e. The highest BCUT2D eigenvalue weighted by molar-refractivity contribution is 9.10. The van der Waals surface area contributed by atoms with Crippen molar-refractivity contribution in [2.24, 2.45) is 0 Å². The van der Waals surface area contributed by atoms with Gasteiger partial charge in [0.1, 0.15) is 6.54 Å². The zero-order chi connectivity index (χ0) is 15.3. The minimum absolute atomic E-state index is 0.00498. The molecule has 0 aromatic heterocycles. The summed E-state index contributed by atoms with van der Waals surface area (Å²) < 4.78 is 38.9. The molecule has 0 amide bonds. The summed E-state index contributed by atoms with van der Waals surface area (Å²) in [4.78, 5) is 1.36. The molecule has 0 radical (unpaired) electrons. The van der Waals surface area contributed by atoms with Crippen LogP contribution in [0.15, 0.2) is 22.7 Å². The smallest absolute Gasteiger partial charge is 0.363 e. The van der Waals surface area contributed by atoms with Gasteiger partial charge in [-0.2, -0.15) is 13.2 Å². The quantitative estimate of drug-likeness (QED) is 0.810. The van der Waals surface area contributed by atoms with E-state index in [2.05, 4.69) is 21.2 Å². The minimum atomic E-state index is -4.21. The second-order valence-electron chi connectivity index (χ2n) is 4.61. The molecule has 0 heterocycles. The number of hydrogen-bond acceptors (Lipinski definition) is 2. The van der Waals surface area contributed by atoms with Gasteiger partial charge in [0.2, 0.25) is 0 Å². The Kier molecular flexibility index (Phi) is 6.33. The van der Waals surface area contributed by atoms with Crippen molar-refractivity contribution in [1.29, 1.82) is 0 Å². The van der Waals surface area contributed by atoms with E-state index in [4.69, 9.17) is 0 Å². The number of anilines is 1. The van der Waals surface area contributed by atoms with Crippen LogP contribution in [0.4, 0.5) is 18.9 Å². The summed E-state index contributed by atoms with van der Waals surface area (Å²) in [6.45, 7) is 5.80. The molecule has 1 rings (SSSR count). The second-order valence-corrected chi connectivity index (χ2v) is 5.53. The summed E-state index contributed by atoms with van der Waals surface area (Å²) in [5, 5.41) is 3.24. The molecule has 0 saturated carbocycles. The van der Waals surface area contributed by atoms with Crippen molar-refractivity contribution in [3.8, 4) is 0 Å². The SMILES string of the molecule is CCNC(C)c1ccc(Br)cc1N(CC)CC(F)(F)F. The third-order valence-electron chi connectivity index (χ3n) is 3.06. The Hall–Kier alpha value is -0.750. The van der Waals surface area contributed by atoms with Gasteiger partial charge in [-0.1, -0.05) is 28.9 Å². The molecule has 0 spiro atoms. The fourth-order valence-corrected chi connectivity index (χ4v) is 2.51. The number of alkyl halides is 3. The average molecular weight is 353 g/mol. The van der Waals surface area contributed by atoms with E-state index >= 15 is 0 Å². The zero-order valence-corrected chi connectivity index (χ0v) is 13.5. The van der Waals surface area contributed by atoms with E-state index < -0.39 is 12.7 Å². The van der Waals surface area contributed by atoms with Crippen molar-refractivity contribution in [2.45, 2.75) is 33.0 Å². The Bertz CT molecular complexity index is 435. The fourth-order valence-electron chi connectivity index (χ4n) is 2.16. The highest BCUT2D eigenvalue weighted by atomic mass is 79.9. The maximum atomic E-state index is 12.7. The first-order valence-electron chi connectivity index (χ1n) is 6.63. The summed E-state index contributed by atoms with van der Waals surface area (Å²) in [6, 6.07) is 5.48. The van der Waals surface area contributed by atoms with E-state index in [0.29, 0.717) is 12.2 Å². The molecule has 1 aromatic rings. The number of nitrogens with zero attached hydrogens (tertiary/aromatic N) is 1. The predicted octanol–water partition coefficient (Wildman–Crippen LogP) is 4.51. The van der Waals surface area contributed by atoms with Crippen molar-refractivity contribution >= 4 is 21.6 Å². The van der Waals surface area contributed by atoms with Crippen LogP contribution in [0.25, 0.3) is 0 Å². The van der Waals surface area contributed by atoms with Crippen molar-refractivity contribution in [1.82, 2.24) is 5.32 Å². The average Bonchev–Trinajstić information content (AvgIpc) is 2.35. The van der Waals surface area contributed by atoms with Crippen LogP contribution in [0.1, 0.15) is 32.4 Å². The fraction of sp³-hybridized carbons (Fsp3) is 0.571. The highest BCUT2D eigenvalue weighted by Crippen LogP contribution is 2.31. The van der Waals surface area contributed by atoms with Crippen LogP contribution in [0.5, 0.6) is 0 Å². The van der Waals surface area contributed by atoms with Gasteiger partial charge in [-0.25, -0.2) is 0 Å².